The van der Waals surface area contributed by atoms with Gasteiger partial charge < -0.3 is 10.4 Å². The number of allylic oxidation sites excluding steroid dienone is 2. The molecule has 1 amide bonds. The zero-order chi connectivity index (χ0) is 17.0. The molecule has 1 aromatic rings. The number of carbonyl (C=O) groups excluding carboxylic acids is 1. The molecule has 1 aliphatic carbocycles. The normalized spacial score (nSPS) is 21.9. The predicted octanol–water partition coefficient (Wildman–Crippen LogP) is 3.82. The number of aliphatic carboxylic acids is 1. The maximum atomic E-state index is 12.6. The highest BCUT2D eigenvalue weighted by molar-refractivity contribution is 6.30. The van der Waals surface area contributed by atoms with Gasteiger partial charge in [0.1, 0.15) is 0 Å². The molecule has 124 valence electrons. The van der Waals surface area contributed by atoms with E-state index in [9.17, 15) is 14.7 Å². The number of carboxylic acid groups (broad SMARTS) is 1. The van der Waals surface area contributed by atoms with Crippen LogP contribution in [0.25, 0.3) is 0 Å². The van der Waals surface area contributed by atoms with Crippen LogP contribution in [0.4, 0.5) is 0 Å². The summed E-state index contributed by atoms with van der Waals surface area (Å²) in [5.74, 6) is -2.11. The first-order chi connectivity index (χ1) is 10.9. The van der Waals surface area contributed by atoms with Crippen LogP contribution < -0.4 is 5.32 Å². The maximum Gasteiger partial charge on any atom is 0.307 e. The summed E-state index contributed by atoms with van der Waals surface area (Å²) in [5.41, 5.74) is 0.968. The lowest BCUT2D eigenvalue weighted by molar-refractivity contribution is -0.147. The van der Waals surface area contributed by atoms with Crippen molar-refractivity contribution in [2.24, 2.45) is 17.8 Å². The molecule has 0 saturated carbocycles. The molecule has 23 heavy (non-hydrogen) atoms. The van der Waals surface area contributed by atoms with E-state index in [-0.39, 0.29) is 17.9 Å². The van der Waals surface area contributed by atoms with Crippen LogP contribution in [-0.4, -0.2) is 17.0 Å². The lowest BCUT2D eigenvalue weighted by Gasteiger charge is -2.29. The van der Waals surface area contributed by atoms with E-state index in [2.05, 4.69) is 5.32 Å². The van der Waals surface area contributed by atoms with Gasteiger partial charge in [-0.2, -0.15) is 0 Å². The average Bonchev–Trinajstić information content (AvgIpc) is 2.53. The highest BCUT2D eigenvalue weighted by atomic mass is 35.5. The molecule has 2 N–H and O–H groups in total. The molecule has 0 bridgehead atoms. The molecule has 1 aliphatic rings. The summed E-state index contributed by atoms with van der Waals surface area (Å²) in [5, 5.41) is 13.0. The number of carbonyl (C=O) groups is 2. The van der Waals surface area contributed by atoms with Crippen LogP contribution in [0.3, 0.4) is 0 Å². The fourth-order valence-corrected chi connectivity index (χ4v) is 3.07. The lowest BCUT2D eigenvalue weighted by atomic mass is 9.82. The van der Waals surface area contributed by atoms with Crippen LogP contribution in [-0.2, 0) is 9.59 Å². The van der Waals surface area contributed by atoms with Gasteiger partial charge in [-0.05, 0) is 36.5 Å². The number of hydrogen-bond donors (Lipinski definition) is 2. The molecule has 0 spiro atoms. The average molecular weight is 336 g/mol. The van der Waals surface area contributed by atoms with Crippen molar-refractivity contribution in [2.45, 2.75) is 32.7 Å². The number of amides is 1. The minimum absolute atomic E-state index is 0.167. The maximum absolute atomic E-state index is 12.6. The molecule has 3 atom stereocenters. The quantitative estimate of drug-likeness (QED) is 0.804. The second-order valence-electron chi connectivity index (χ2n) is 6.28. The van der Waals surface area contributed by atoms with Gasteiger partial charge in [0, 0.05) is 5.02 Å². The van der Waals surface area contributed by atoms with E-state index in [1.165, 1.54) is 0 Å². The number of benzene rings is 1. The Labute approximate surface area is 141 Å². The number of nitrogens with one attached hydrogen (secondary N) is 1. The fraction of sp³-hybridized carbons (Fsp3) is 0.444. The zero-order valence-corrected chi connectivity index (χ0v) is 14.1. The molecule has 0 heterocycles. The third-order valence-corrected chi connectivity index (χ3v) is 4.53. The van der Waals surface area contributed by atoms with E-state index in [0.29, 0.717) is 17.9 Å². The summed E-state index contributed by atoms with van der Waals surface area (Å²) in [6, 6.07) is 7.20. The summed E-state index contributed by atoms with van der Waals surface area (Å²) in [7, 11) is 0. The summed E-state index contributed by atoms with van der Waals surface area (Å²) in [4.78, 5) is 24.0. The van der Waals surface area contributed by atoms with Gasteiger partial charge in [0.15, 0.2) is 0 Å². The first-order valence-corrected chi connectivity index (χ1v) is 8.21. The van der Waals surface area contributed by atoms with E-state index in [1.807, 2.05) is 38.1 Å². The number of halogens is 1. The van der Waals surface area contributed by atoms with Crippen molar-refractivity contribution in [3.8, 4) is 0 Å². The highest BCUT2D eigenvalue weighted by Crippen LogP contribution is 2.29. The smallest absolute Gasteiger partial charge is 0.307 e. The Hall–Kier alpha value is -1.81. The largest absolute Gasteiger partial charge is 0.481 e. The van der Waals surface area contributed by atoms with Crippen molar-refractivity contribution in [1.82, 2.24) is 5.32 Å². The third kappa shape index (κ3) is 4.35. The van der Waals surface area contributed by atoms with Gasteiger partial charge in [0.05, 0.1) is 17.9 Å². The number of hydrogen-bond acceptors (Lipinski definition) is 2. The molecule has 0 unspecified atom stereocenters. The van der Waals surface area contributed by atoms with Gasteiger partial charge in [-0.1, -0.05) is 49.7 Å². The minimum atomic E-state index is -0.915. The molecule has 4 nitrogen and oxygen atoms in total. The Bertz CT molecular complexity index is 595. The van der Waals surface area contributed by atoms with Gasteiger partial charge in [-0.25, -0.2) is 0 Å². The Morgan fingerprint density at radius 3 is 2.22 bits per heavy atom. The first kappa shape index (κ1) is 17.5. The predicted molar refractivity (Wildman–Crippen MR) is 90.2 cm³/mol. The standard InChI is InChI=1S/C18H22ClNO3/c1-11(2)16(12-7-9-13(19)10-8-12)20-17(21)14-5-3-4-6-15(14)18(22)23/h3-4,7-11,14-16H,5-6H2,1-2H3,(H,20,21)(H,22,23)/t14-,15-,16-/m0/s1. The molecular weight excluding hydrogens is 314 g/mol. The van der Waals surface area contributed by atoms with E-state index in [4.69, 9.17) is 11.6 Å². The van der Waals surface area contributed by atoms with Crippen molar-refractivity contribution in [1.29, 1.82) is 0 Å². The van der Waals surface area contributed by atoms with Crippen LogP contribution in [0.15, 0.2) is 36.4 Å². The Balaban J connectivity index is 2.16. The molecule has 0 aliphatic heterocycles. The topological polar surface area (TPSA) is 66.4 Å². The van der Waals surface area contributed by atoms with Crippen molar-refractivity contribution < 1.29 is 14.7 Å². The second kappa shape index (κ2) is 7.64. The minimum Gasteiger partial charge on any atom is -0.481 e. The van der Waals surface area contributed by atoms with Gasteiger partial charge in [-0.3, -0.25) is 9.59 Å². The van der Waals surface area contributed by atoms with Gasteiger partial charge in [0.25, 0.3) is 0 Å². The molecule has 0 radical (unpaired) electrons. The van der Waals surface area contributed by atoms with Crippen molar-refractivity contribution in [2.75, 3.05) is 0 Å². The Kier molecular flexibility index (Phi) is 5.83. The fourth-order valence-electron chi connectivity index (χ4n) is 2.94. The van der Waals surface area contributed by atoms with Crippen LogP contribution in [0.1, 0.15) is 38.3 Å². The number of carboxylic acids is 1. The van der Waals surface area contributed by atoms with Crippen LogP contribution in [0, 0.1) is 17.8 Å². The second-order valence-corrected chi connectivity index (χ2v) is 6.71. The molecule has 5 heteroatoms. The molecule has 0 fully saturated rings. The summed E-state index contributed by atoms with van der Waals surface area (Å²) >= 11 is 5.92. The third-order valence-electron chi connectivity index (χ3n) is 4.28. The van der Waals surface area contributed by atoms with Crippen molar-refractivity contribution in [3.05, 3.63) is 47.0 Å². The Morgan fingerprint density at radius 2 is 1.70 bits per heavy atom. The molecule has 1 aromatic carbocycles. The van der Waals surface area contributed by atoms with Crippen LogP contribution in [0.2, 0.25) is 5.02 Å². The van der Waals surface area contributed by atoms with Gasteiger partial charge >= 0.3 is 5.97 Å². The van der Waals surface area contributed by atoms with Crippen LogP contribution >= 0.6 is 11.6 Å². The zero-order valence-electron chi connectivity index (χ0n) is 13.3. The highest BCUT2D eigenvalue weighted by Gasteiger charge is 2.35. The molecule has 0 aromatic heterocycles. The molecule has 2 rings (SSSR count). The molecule has 0 saturated heterocycles. The van der Waals surface area contributed by atoms with Crippen LogP contribution in [0.5, 0.6) is 0 Å². The monoisotopic (exact) mass is 335 g/mol. The number of rotatable bonds is 5. The van der Waals surface area contributed by atoms with E-state index >= 15 is 0 Å². The SMILES string of the molecule is CC(C)[C@H](NC(=O)[C@H]1CC=CC[C@@H]1C(=O)O)c1ccc(Cl)cc1. The summed E-state index contributed by atoms with van der Waals surface area (Å²) in [6.45, 7) is 4.05. The summed E-state index contributed by atoms with van der Waals surface area (Å²) < 4.78 is 0. The lowest BCUT2D eigenvalue weighted by Crippen LogP contribution is -2.41. The van der Waals surface area contributed by atoms with Gasteiger partial charge in [0.2, 0.25) is 5.91 Å². The van der Waals surface area contributed by atoms with Gasteiger partial charge in [-0.15, -0.1) is 0 Å². The van der Waals surface area contributed by atoms with E-state index < -0.39 is 17.8 Å². The Morgan fingerprint density at radius 1 is 1.13 bits per heavy atom. The first-order valence-electron chi connectivity index (χ1n) is 7.83. The van der Waals surface area contributed by atoms with Crippen molar-refractivity contribution >= 4 is 23.5 Å². The van der Waals surface area contributed by atoms with Crippen molar-refractivity contribution in [3.63, 3.8) is 0 Å². The van der Waals surface area contributed by atoms with E-state index in [0.717, 1.165) is 5.56 Å². The van der Waals surface area contributed by atoms with E-state index in [1.54, 1.807) is 12.1 Å². The molecular formula is C18H22ClNO3. The summed E-state index contributed by atoms with van der Waals surface area (Å²) in [6.07, 6.45) is 4.59.